The number of nitrogens with zero attached hydrogens (tertiary/aromatic N) is 2. The molecule has 2 unspecified atom stereocenters. The monoisotopic (exact) mass is 354 g/mol. The zero-order valence-electron chi connectivity index (χ0n) is 14.1. The van der Waals surface area contributed by atoms with Crippen LogP contribution < -0.4 is 11.0 Å². The van der Waals surface area contributed by atoms with Crippen LogP contribution in [0.15, 0.2) is 9.95 Å². The van der Waals surface area contributed by atoms with E-state index in [0.29, 0.717) is 17.7 Å². The van der Waals surface area contributed by atoms with Gasteiger partial charge in [-0.15, -0.1) is 5.10 Å². The SMILES string of the molecule is CC(Sc1n[nH]c(=O)n1CC1CCCO1)C(=O)NC1CCCCC1. The minimum Gasteiger partial charge on any atom is -0.376 e. The molecule has 1 saturated carbocycles. The molecule has 1 aromatic rings. The highest BCUT2D eigenvalue weighted by molar-refractivity contribution is 8.00. The Labute approximate surface area is 145 Å². The molecule has 2 N–H and O–H groups in total. The van der Waals surface area contributed by atoms with Crippen LogP contribution in [-0.4, -0.2) is 44.7 Å². The third kappa shape index (κ3) is 4.42. The number of carbonyl (C=O) groups is 1. The third-order valence-corrected chi connectivity index (χ3v) is 5.83. The Bertz CT molecular complexity index is 603. The first-order valence-electron chi connectivity index (χ1n) is 8.87. The first kappa shape index (κ1) is 17.5. The summed E-state index contributed by atoms with van der Waals surface area (Å²) in [7, 11) is 0. The van der Waals surface area contributed by atoms with Gasteiger partial charge < -0.3 is 10.1 Å². The molecule has 24 heavy (non-hydrogen) atoms. The van der Waals surface area contributed by atoms with Crippen molar-refractivity contribution in [3.8, 4) is 0 Å². The Kier molecular flexibility index (Phi) is 5.99. The summed E-state index contributed by atoms with van der Waals surface area (Å²) in [6.07, 6.45) is 7.81. The average molecular weight is 354 g/mol. The molecule has 1 saturated heterocycles. The molecular formula is C16H26N4O3S. The number of H-pyrrole nitrogens is 1. The lowest BCUT2D eigenvalue weighted by Crippen LogP contribution is -2.40. The topological polar surface area (TPSA) is 89.0 Å². The standard InChI is InChI=1S/C16H26N4O3S/c1-11(14(21)17-12-6-3-2-4-7-12)24-16-19-18-15(22)20(16)10-13-8-5-9-23-13/h11-13H,2-10H2,1H3,(H,17,21)(H,18,22). The second-order valence-corrected chi connectivity index (χ2v) is 7.97. The fourth-order valence-corrected chi connectivity index (χ4v) is 4.20. The van der Waals surface area contributed by atoms with Gasteiger partial charge in [-0.3, -0.25) is 9.36 Å². The molecule has 7 nitrogen and oxygen atoms in total. The Balaban J connectivity index is 1.58. The van der Waals surface area contributed by atoms with Crippen molar-refractivity contribution < 1.29 is 9.53 Å². The maximum absolute atomic E-state index is 12.4. The van der Waals surface area contributed by atoms with E-state index >= 15 is 0 Å². The number of aromatic nitrogens is 3. The molecule has 2 fully saturated rings. The molecule has 1 aliphatic carbocycles. The zero-order chi connectivity index (χ0) is 16.9. The Hall–Kier alpha value is -1.28. The van der Waals surface area contributed by atoms with Crippen LogP contribution in [0.4, 0.5) is 0 Å². The van der Waals surface area contributed by atoms with Crippen LogP contribution in [-0.2, 0) is 16.1 Å². The predicted octanol–water partition coefficient (Wildman–Crippen LogP) is 1.68. The number of carbonyl (C=O) groups excluding carboxylic acids is 1. The van der Waals surface area contributed by atoms with Crippen LogP contribution >= 0.6 is 11.8 Å². The van der Waals surface area contributed by atoms with Crippen molar-refractivity contribution in [1.29, 1.82) is 0 Å². The largest absolute Gasteiger partial charge is 0.376 e. The van der Waals surface area contributed by atoms with Gasteiger partial charge in [0.05, 0.1) is 17.9 Å². The van der Waals surface area contributed by atoms with Gasteiger partial charge in [-0.05, 0) is 32.6 Å². The van der Waals surface area contributed by atoms with Crippen molar-refractivity contribution in [2.75, 3.05) is 6.61 Å². The predicted molar refractivity (Wildman–Crippen MR) is 92.2 cm³/mol. The Morgan fingerprint density at radius 3 is 2.88 bits per heavy atom. The first-order valence-corrected chi connectivity index (χ1v) is 9.75. The van der Waals surface area contributed by atoms with Gasteiger partial charge in [0.1, 0.15) is 0 Å². The molecule has 2 heterocycles. The number of nitrogens with one attached hydrogen (secondary N) is 2. The molecule has 2 atom stereocenters. The highest BCUT2D eigenvalue weighted by Gasteiger charge is 2.24. The number of thioether (sulfide) groups is 1. The maximum atomic E-state index is 12.4. The number of ether oxygens (including phenoxy) is 1. The van der Waals surface area contributed by atoms with Gasteiger partial charge >= 0.3 is 5.69 Å². The van der Waals surface area contributed by atoms with E-state index in [4.69, 9.17) is 4.74 Å². The van der Waals surface area contributed by atoms with Gasteiger partial charge in [0, 0.05) is 12.6 Å². The van der Waals surface area contributed by atoms with E-state index in [-0.39, 0.29) is 23.0 Å². The summed E-state index contributed by atoms with van der Waals surface area (Å²) in [4.78, 5) is 24.4. The molecule has 1 amide bonds. The van der Waals surface area contributed by atoms with E-state index in [1.165, 1.54) is 31.0 Å². The van der Waals surface area contributed by atoms with Gasteiger partial charge in [0.2, 0.25) is 5.91 Å². The third-order valence-electron chi connectivity index (χ3n) is 4.74. The Morgan fingerprint density at radius 1 is 1.38 bits per heavy atom. The summed E-state index contributed by atoms with van der Waals surface area (Å²) < 4.78 is 7.19. The van der Waals surface area contributed by atoms with E-state index in [1.807, 2.05) is 6.92 Å². The summed E-state index contributed by atoms with van der Waals surface area (Å²) in [5, 5.41) is 9.96. The molecule has 0 spiro atoms. The van der Waals surface area contributed by atoms with Crippen molar-refractivity contribution in [2.24, 2.45) is 0 Å². The fourth-order valence-electron chi connectivity index (χ4n) is 3.32. The lowest BCUT2D eigenvalue weighted by atomic mass is 9.95. The highest BCUT2D eigenvalue weighted by Crippen LogP contribution is 2.23. The molecule has 134 valence electrons. The summed E-state index contributed by atoms with van der Waals surface area (Å²) in [6.45, 7) is 3.10. The average Bonchev–Trinajstić information content (AvgIpc) is 3.21. The van der Waals surface area contributed by atoms with Crippen LogP contribution in [0, 0.1) is 0 Å². The second kappa shape index (κ2) is 8.20. The van der Waals surface area contributed by atoms with E-state index in [0.717, 1.165) is 32.3 Å². The summed E-state index contributed by atoms with van der Waals surface area (Å²) in [6, 6.07) is 0.294. The van der Waals surface area contributed by atoms with Crippen molar-refractivity contribution >= 4 is 17.7 Å². The van der Waals surface area contributed by atoms with E-state index < -0.39 is 0 Å². The molecule has 0 aromatic carbocycles. The molecule has 1 aliphatic heterocycles. The molecule has 1 aromatic heterocycles. The van der Waals surface area contributed by atoms with Crippen molar-refractivity contribution in [1.82, 2.24) is 20.1 Å². The normalized spacial score (nSPS) is 23.3. The molecule has 8 heteroatoms. The van der Waals surface area contributed by atoms with Gasteiger partial charge in [-0.2, -0.15) is 0 Å². The number of aromatic amines is 1. The van der Waals surface area contributed by atoms with E-state index in [1.54, 1.807) is 4.57 Å². The minimum absolute atomic E-state index is 0.0195. The number of hydrogen-bond donors (Lipinski definition) is 2. The molecule has 0 bridgehead atoms. The van der Waals surface area contributed by atoms with Gasteiger partial charge in [0.25, 0.3) is 0 Å². The molecule has 2 aliphatic rings. The van der Waals surface area contributed by atoms with Crippen LogP contribution in [0.1, 0.15) is 51.9 Å². The first-order chi connectivity index (χ1) is 11.6. The van der Waals surface area contributed by atoms with Crippen LogP contribution in [0.2, 0.25) is 0 Å². The molecule has 0 radical (unpaired) electrons. The summed E-state index contributed by atoms with van der Waals surface area (Å²) in [5.74, 6) is 0.0195. The van der Waals surface area contributed by atoms with Crippen molar-refractivity contribution in [2.45, 2.75) is 81.0 Å². The van der Waals surface area contributed by atoms with E-state index in [2.05, 4.69) is 15.5 Å². The smallest absolute Gasteiger partial charge is 0.344 e. The van der Waals surface area contributed by atoms with E-state index in [9.17, 15) is 9.59 Å². The second-order valence-electron chi connectivity index (χ2n) is 6.66. The lowest BCUT2D eigenvalue weighted by molar-refractivity contribution is -0.121. The maximum Gasteiger partial charge on any atom is 0.344 e. The quantitative estimate of drug-likeness (QED) is 0.759. The highest BCUT2D eigenvalue weighted by atomic mass is 32.2. The zero-order valence-corrected chi connectivity index (χ0v) is 14.9. The van der Waals surface area contributed by atoms with Crippen LogP contribution in [0.25, 0.3) is 0 Å². The van der Waals surface area contributed by atoms with Gasteiger partial charge in [0.15, 0.2) is 5.16 Å². The number of rotatable bonds is 6. The molecule has 3 rings (SSSR count). The summed E-state index contributed by atoms with van der Waals surface area (Å²) in [5.41, 5.74) is -0.243. The van der Waals surface area contributed by atoms with Crippen molar-refractivity contribution in [3.63, 3.8) is 0 Å². The van der Waals surface area contributed by atoms with Gasteiger partial charge in [-0.1, -0.05) is 31.0 Å². The fraction of sp³-hybridized carbons (Fsp3) is 0.812. The van der Waals surface area contributed by atoms with Crippen molar-refractivity contribution in [3.05, 3.63) is 10.5 Å². The van der Waals surface area contributed by atoms with Crippen LogP contribution in [0.5, 0.6) is 0 Å². The molecular weight excluding hydrogens is 328 g/mol. The number of hydrogen-bond acceptors (Lipinski definition) is 5. The van der Waals surface area contributed by atoms with Crippen LogP contribution in [0.3, 0.4) is 0 Å². The lowest BCUT2D eigenvalue weighted by Gasteiger charge is -2.24. The Morgan fingerprint density at radius 2 is 2.17 bits per heavy atom. The minimum atomic E-state index is -0.287. The summed E-state index contributed by atoms with van der Waals surface area (Å²) >= 11 is 1.32. The van der Waals surface area contributed by atoms with Gasteiger partial charge in [-0.25, -0.2) is 9.89 Å². The number of amides is 1.